The topological polar surface area (TPSA) is 298 Å². The molecule has 20 heteroatoms. The van der Waals surface area contributed by atoms with Gasteiger partial charge in [-0.1, -0.05) is 140 Å². The summed E-state index contributed by atoms with van der Waals surface area (Å²) < 4.78 is 22.0. The first-order valence-corrected chi connectivity index (χ1v) is 31.5. The molecule has 8 aromatic carbocycles. The lowest BCUT2D eigenvalue weighted by Gasteiger charge is -2.18. The first-order chi connectivity index (χ1) is 46.4. The number of hydrogen-bond donors (Lipinski definition) is 8. The zero-order valence-corrected chi connectivity index (χ0v) is 53.5. The number of nitrogens with one attached hydrogen (secondary N) is 4. The Morgan fingerprint density at radius 1 is 0.562 bits per heavy atom. The molecule has 12 rings (SSSR count). The summed E-state index contributed by atoms with van der Waals surface area (Å²) in [6, 6.07) is 60.6. The van der Waals surface area contributed by atoms with Gasteiger partial charge < -0.3 is 29.4 Å². The number of pyridine rings is 1. The summed E-state index contributed by atoms with van der Waals surface area (Å²) >= 11 is 0. The Hall–Kier alpha value is -10.8. The average Bonchev–Trinajstić information content (AvgIpc) is 1.58. The van der Waals surface area contributed by atoms with Gasteiger partial charge in [-0.25, -0.2) is 16.4 Å². The van der Waals surface area contributed by atoms with E-state index in [0.717, 1.165) is 60.8 Å². The number of methoxy groups -OCH3 is 1. The molecule has 3 aliphatic carbocycles. The number of Topliss-reactive ketones (excluding diaryl/α,β-unsaturated/α-hetero) is 1. The van der Waals surface area contributed by atoms with E-state index in [1.807, 2.05) is 122 Å². The third-order valence-corrected chi connectivity index (χ3v) is 18.1. The molecule has 20 nitrogen and oxygen atoms in total. The van der Waals surface area contributed by atoms with Crippen LogP contribution in [0.1, 0.15) is 88.1 Å². The molecule has 3 aliphatic rings. The second kappa shape index (κ2) is 30.1. The number of ether oxygens (including phenoxy) is 4. The highest BCUT2D eigenvalue weighted by atomic mass is 16.5. The third-order valence-electron chi connectivity index (χ3n) is 18.1. The number of phenolic OH excluding ortho intramolecular Hbond substituents is 1. The van der Waals surface area contributed by atoms with Crippen molar-refractivity contribution >= 4 is 63.0 Å². The van der Waals surface area contributed by atoms with E-state index >= 15 is 0 Å². The van der Waals surface area contributed by atoms with Crippen LogP contribution in [0, 0.1) is 35.5 Å². The van der Waals surface area contributed by atoms with E-state index in [2.05, 4.69) is 28.5 Å². The molecule has 0 aliphatic heterocycles. The van der Waals surface area contributed by atoms with Crippen LogP contribution < -0.4 is 31.2 Å². The number of aryl methyl sites for hydroxylation is 1. The predicted octanol–water partition coefficient (Wildman–Crippen LogP) is 10.9. The molecule has 0 spiro atoms. The first kappa shape index (κ1) is 68.1. The van der Waals surface area contributed by atoms with Crippen molar-refractivity contribution in [2.24, 2.45) is 28.6 Å². The van der Waals surface area contributed by atoms with Crippen LogP contribution >= 0.6 is 0 Å². The molecule has 0 unspecified atom stereocenters. The largest absolute Gasteiger partial charge is 0.508 e. The van der Waals surface area contributed by atoms with Gasteiger partial charge in [0.25, 0.3) is 0 Å². The zero-order chi connectivity index (χ0) is 68.2. The highest BCUT2D eigenvalue weighted by Crippen LogP contribution is 2.58. The molecule has 3 fully saturated rings. The van der Waals surface area contributed by atoms with Gasteiger partial charge in [0.2, 0.25) is 23.6 Å². The number of hydroxylamine groups is 3. The van der Waals surface area contributed by atoms with E-state index < -0.39 is 63.7 Å². The second-order valence-corrected chi connectivity index (χ2v) is 24.4. The van der Waals surface area contributed by atoms with E-state index in [-0.39, 0.29) is 30.5 Å². The molecule has 494 valence electrons. The number of aromatic hydroxyl groups is 1. The summed E-state index contributed by atoms with van der Waals surface area (Å²) in [4.78, 5) is 90.3. The molecule has 96 heavy (non-hydrogen) atoms. The summed E-state index contributed by atoms with van der Waals surface area (Å²) in [6.07, 6.45) is 2.88. The molecule has 0 bridgehead atoms. The molecular formula is C76H75N5O15. The Kier molecular flexibility index (Phi) is 21.3. The highest BCUT2D eigenvalue weighted by Gasteiger charge is 2.67. The lowest BCUT2D eigenvalue weighted by molar-refractivity contribution is -0.152. The average molecular weight is 1300 g/mol. The monoisotopic (exact) mass is 1300 g/mol. The predicted molar refractivity (Wildman–Crippen MR) is 355 cm³/mol. The van der Waals surface area contributed by atoms with Gasteiger partial charge in [0, 0.05) is 35.2 Å². The maximum atomic E-state index is 13.2. The SMILES string of the molecule is CCOC(=O)[C@@]1(Cc2ccc(O)c(Cc3cccc4ccccc34)c2)C[C@@H]1C(=O)NO.COC(=O)[C@]1(c2cccc(Oc3cccc(C(C)=O)c3)c2)C[C@H]1C(=O)NO.Cc1cc(COc2ccc(C[C@]3(C(=O)NCCc4ccccc4)C[C@@H]3C(=O)NO)cc2)c2ccccc2n1. The molecule has 4 amide bonds. The summed E-state index contributed by atoms with van der Waals surface area (Å²) in [5, 5.41) is 43.9. The molecule has 6 atom stereocenters. The van der Waals surface area contributed by atoms with Crippen LogP contribution in [-0.2, 0) is 75.9 Å². The molecule has 9 aromatic rings. The van der Waals surface area contributed by atoms with Gasteiger partial charge in [-0.05, 0) is 158 Å². The standard InChI is InChI=1S/C31H31N3O4.C25H25NO5.C20H19NO6/c1-21-17-24(26-9-5-6-10-28(26)33-21)20-38-25-13-11-23(12-14-25)18-31(19-27(31)29(35)34-37)30(36)32-16-15-22-7-3-2-4-8-22;1-2-31-24(29)25(15-21(25)23(28)26-30)14-16-10-11-22(27)19(12-16)13-18-8-5-7-17-6-3-4-9-20(17)18;1-12(22)13-5-3-7-15(9-13)27-16-8-4-6-14(10-16)20(19(24)26-2)11-17(20)18(23)21-25/h2-14,17,27,37H,15-16,18-20H2,1H3,(H,32,36)(H,34,35);3-12,21,27,30H,2,13-15H2,1H3,(H,26,28);3-10,17,25H,11H2,1-2H3,(H,21,23)/t27-,31+;21-,25+;17-,20-/m110/s1. The van der Waals surface area contributed by atoms with Crippen molar-refractivity contribution in [1.29, 1.82) is 0 Å². The van der Waals surface area contributed by atoms with E-state index in [1.54, 1.807) is 84.0 Å². The zero-order valence-electron chi connectivity index (χ0n) is 53.5. The Balaban J connectivity index is 0.000000159. The van der Waals surface area contributed by atoms with Gasteiger partial charge in [0.05, 0.1) is 47.8 Å². The summed E-state index contributed by atoms with van der Waals surface area (Å²) in [7, 11) is 1.25. The van der Waals surface area contributed by atoms with Crippen LogP contribution in [0.15, 0.2) is 194 Å². The summed E-state index contributed by atoms with van der Waals surface area (Å²) in [6.45, 7) is 6.28. The fourth-order valence-corrected chi connectivity index (χ4v) is 12.8. The molecule has 3 saturated carbocycles. The van der Waals surface area contributed by atoms with Crippen LogP contribution in [-0.4, -0.2) is 87.3 Å². The van der Waals surface area contributed by atoms with Crippen molar-refractivity contribution in [2.75, 3.05) is 20.3 Å². The minimum absolute atomic E-state index is 0.0744. The quantitative estimate of drug-likeness (QED) is 0.0128. The van der Waals surface area contributed by atoms with E-state index in [0.29, 0.717) is 80.1 Å². The first-order valence-electron chi connectivity index (χ1n) is 31.5. The van der Waals surface area contributed by atoms with E-state index in [9.17, 15) is 43.9 Å². The van der Waals surface area contributed by atoms with Crippen LogP contribution in [0.4, 0.5) is 0 Å². The van der Waals surface area contributed by atoms with Gasteiger partial charge in [-0.15, -0.1) is 0 Å². The lowest BCUT2D eigenvalue weighted by Crippen LogP contribution is -2.38. The number of benzene rings is 8. The van der Waals surface area contributed by atoms with Crippen LogP contribution in [0.5, 0.6) is 23.0 Å². The minimum atomic E-state index is -1.15. The Labute approximate surface area is 554 Å². The smallest absolute Gasteiger partial charge is 0.317 e. The number of para-hydroxylation sites is 1. The number of esters is 2. The highest BCUT2D eigenvalue weighted by molar-refractivity contribution is 5.99. The van der Waals surface area contributed by atoms with Crippen LogP contribution in [0.2, 0.25) is 0 Å². The van der Waals surface area contributed by atoms with Gasteiger partial charge in [0.1, 0.15) is 35.0 Å². The molecular weight excluding hydrogens is 1220 g/mol. The normalized spacial score (nSPS) is 19.3. The Morgan fingerprint density at radius 2 is 1.18 bits per heavy atom. The number of hydrogen-bond acceptors (Lipinski definition) is 16. The number of amides is 4. The molecule has 0 radical (unpaired) electrons. The summed E-state index contributed by atoms with van der Waals surface area (Å²) in [5.41, 5.74) is 10.7. The lowest BCUT2D eigenvalue weighted by atomic mass is 9.91. The number of carbonyl (C=O) groups excluding carboxylic acids is 7. The molecule has 8 N–H and O–H groups in total. The minimum Gasteiger partial charge on any atom is -0.508 e. The van der Waals surface area contributed by atoms with Crippen molar-refractivity contribution < 1.29 is 73.2 Å². The van der Waals surface area contributed by atoms with Crippen LogP contribution in [0.25, 0.3) is 21.7 Å². The van der Waals surface area contributed by atoms with Crippen molar-refractivity contribution in [3.63, 3.8) is 0 Å². The van der Waals surface area contributed by atoms with Crippen molar-refractivity contribution in [2.45, 2.75) is 77.7 Å². The Morgan fingerprint density at radius 3 is 1.89 bits per heavy atom. The molecule has 0 saturated heterocycles. The van der Waals surface area contributed by atoms with Crippen molar-refractivity contribution in [3.05, 3.63) is 244 Å². The fourth-order valence-electron chi connectivity index (χ4n) is 12.8. The van der Waals surface area contributed by atoms with Crippen LogP contribution in [0.3, 0.4) is 0 Å². The Bertz CT molecular complexity index is 4350. The van der Waals surface area contributed by atoms with E-state index in [4.69, 9.17) is 29.4 Å². The maximum Gasteiger partial charge on any atom is 0.317 e. The van der Waals surface area contributed by atoms with Gasteiger partial charge >= 0.3 is 11.9 Å². The van der Waals surface area contributed by atoms with Crippen molar-refractivity contribution in [3.8, 4) is 23.0 Å². The summed E-state index contributed by atoms with van der Waals surface area (Å²) in [5.74, 6) is -3.06. The van der Waals surface area contributed by atoms with E-state index in [1.165, 1.54) is 14.0 Å². The number of rotatable bonds is 23. The number of phenols is 1. The maximum absolute atomic E-state index is 13.2. The molecule has 1 heterocycles. The number of ketones is 1. The fraction of sp³-hybridized carbons (Fsp3) is 0.263. The number of fused-ring (bicyclic) bond motifs is 2. The molecule has 1 aromatic heterocycles. The number of aromatic nitrogens is 1. The van der Waals surface area contributed by atoms with Gasteiger partial charge in [-0.3, -0.25) is 54.2 Å². The van der Waals surface area contributed by atoms with Gasteiger partial charge in [-0.2, -0.15) is 0 Å². The van der Waals surface area contributed by atoms with Crippen molar-refractivity contribution in [1.82, 2.24) is 26.7 Å². The third kappa shape index (κ3) is 15.4. The number of nitrogens with zero attached hydrogens (tertiary/aromatic N) is 1. The second-order valence-electron chi connectivity index (χ2n) is 24.4. The number of carbonyl (C=O) groups is 7. The van der Waals surface area contributed by atoms with Gasteiger partial charge in [0.15, 0.2) is 5.78 Å².